The topological polar surface area (TPSA) is 104 Å². The molecule has 0 unspecified atom stereocenters. The number of non-ortho nitro benzene ring substituents is 1. The summed E-state index contributed by atoms with van der Waals surface area (Å²) in [7, 11) is 0. The van der Waals surface area contributed by atoms with Crippen molar-refractivity contribution in [1.82, 2.24) is 5.32 Å². The molecule has 0 aromatic heterocycles. The quantitative estimate of drug-likeness (QED) is 0.304. The first-order valence-corrected chi connectivity index (χ1v) is 8.42. The highest BCUT2D eigenvalue weighted by Gasteiger charge is 2.09. The van der Waals surface area contributed by atoms with E-state index in [4.69, 9.17) is 16.9 Å². The average Bonchev–Trinajstić information content (AvgIpc) is 2.61. The van der Waals surface area contributed by atoms with Gasteiger partial charge in [-0.05, 0) is 43.1 Å². The van der Waals surface area contributed by atoms with Crippen LogP contribution in [0.5, 0.6) is 0 Å². The van der Waals surface area contributed by atoms with E-state index in [-0.39, 0.29) is 10.7 Å². The minimum absolute atomic E-state index is 0.0853. The number of nitrogens with one attached hydrogen (secondary N) is 1. The number of nitrogens with zero attached hydrogens (tertiary/aromatic N) is 4. The molecule has 0 aliphatic carbocycles. The standard InChI is InChI=1S/C18H18ClN5O2/c1-13-11-14(7-10-21-9-2-8-20)3-5-17(13)22-23-18-6-4-15(24(25)26)12-16(18)19/h3-6,11-12,21H,2,7,9-10H2,1H3. The number of hydrogen-bond donors (Lipinski definition) is 1. The zero-order valence-corrected chi connectivity index (χ0v) is 15.0. The Morgan fingerprint density at radius 1 is 1.19 bits per heavy atom. The first kappa shape index (κ1) is 19.5. The van der Waals surface area contributed by atoms with Crippen molar-refractivity contribution in [3.63, 3.8) is 0 Å². The lowest BCUT2D eigenvalue weighted by molar-refractivity contribution is -0.384. The first-order valence-electron chi connectivity index (χ1n) is 8.04. The monoisotopic (exact) mass is 371 g/mol. The fraction of sp³-hybridized carbons (Fsp3) is 0.278. The van der Waals surface area contributed by atoms with Gasteiger partial charge in [0.25, 0.3) is 5.69 Å². The van der Waals surface area contributed by atoms with Gasteiger partial charge in [0, 0.05) is 25.1 Å². The van der Waals surface area contributed by atoms with Gasteiger partial charge in [-0.3, -0.25) is 10.1 Å². The van der Waals surface area contributed by atoms with Crippen molar-refractivity contribution in [3.05, 3.63) is 62.7 Å². The number of benzene rings is 2. The third-order valence-corrected chi connectivity index (χ3v) is 3.98. The van der Waals surface area contributed by atoms with Crippen LogP contribution >= 0.6 is 11.6 Å². The Balaban J connectivity index is 2.02. The second-order valence-electron chi connectivity index (χ2n) is 5.62. The molecule has 1 N–H and O–H groups in total. The van der Waals surface area contributed by atoms with E-state index in [0.717, 1.165) is 18.5 Å². The summed E-state index contributed by atoms with van der Waals surface area (Å²) in [4.78, 5) is 10.2. The molecule has 0 fully saturated rings. The summed E-state index contributed by atoms with van der Waals surface area (Å²) in [5, 5.41) is 30.9. The highest BCUT2D eigenvalue weighted by Crippen LogP contribution is 2.31. The molecule has 0 saturated carbocycles. The Kier molecular flexibility index (Phi) is 7.21. The number of rotatable bonds is 8. The molecule has 8 heteroatoms. The number of nitro groups is 1. The van der Waals surface area contributed by atoms with Gasteiger partial charge in [-0.15, -0.1) is 5.11 Å². The lowest BCUT2D eigenvalue weighted by atomic mass is 10.1. The molecule has 7 nitrogen and oxygen atoms in total. The molecule has 26 heavy (non-hydrogen) atoms. The van der Waals surface area contributed by atoms with Crippen LogP contribution in [0.1, 0.15) is 17.5 Å². The summed E-state index contributed by atoms with van der Waals surface area (Å²) in [6.45, 7) is 3.44. The molecule has 0 aliphatic rings. The Morgan fingerprint density at radius 3 is 2.58 bits per heavy atom. The van der Waals surface area contributed by atoms with Crippen LogP contribution < -0.4 is 5.32 Å². The largest absolute Gasteiger partial charge is 0.315 e. The van der Waals surface area contributed by atoms with Crippen molar-refractivity contribution >= 4 is 28.7 Å². The molecule has 2 aromatic rings. The Labute approximate surface area is 156 Å². The zero-order valence-electron chi connectivity index (χ0n) is 14.3. The van der Waals surface area contributed by atoms with Gasteiger partial charge in [-0.25, -0.2) is 0 Å². The van der Waals surface area contributed by atoms with Crippen LogP contribution in [0.15, 0.2) is 46.6 Å². The molecule has 0 radical (unpaired) electrons. The van der Waals surface area contributed by atoms with Gasteiger partial charge in [0.2, 0.25) is 0 Å². The van der Waals surface area contributed by atoms with Gasteiger partial charge < -0.3 is 5.32 Å². The molecule has 134 valence electrons. The van der Waals surface area contributed by atoms with Crippen LogP contribution in [-0.4, -0.2) is 18.0 Å². The Bertz CT molecular complexity index is 861. The van der Waals surface area contributed by atoms with Crippen molar-refractivity contribution in [2.24, 2.45) is 10.2 Å². The van der Waals surface area contributed by atoms with Crippen LogP contribution in [0.25, 0.3) is 0 Å². The maximum absolute atomic E-state index is 10.7. The minimum atomic E-state index is -0.509. The summed E-state index contributed by atoms with van der Waals surface area (Å²) >= 11 is 6.01. The second kappa shape index (κ2) is 9.61. The predicted molar refractivity (Wildman–Crippen MR) is 100 cm³/mol. The van der Waals surface area contributed by atoms with E-state index in [2.05, 4.69) is 21.6 Å². The number of halogens is 1. The predicted octanol–water partition coefficient (Wildman–Crippen LogP) is 5.02. The first-order chi connectivity index (χ1) is 12.5. The van der Waals surface area contributed by atoms with E-state index in [1.807, 2.05) is 25.1 Å². The summed E-state index contributed by atoms with van der Waals surface area (Å²) in [6, 6.07) is 12.1. The number of azo groups is 1. The third-order valence-electron chi connectivity index (χ3n) is 3.67. The van der Waals surface area contributed by atoms with Crippen LogP contribution in [0.3, 0.4) is 0 Å². The van der Waals surface area contributed by atoms with Crippen molar-refractivity contribution in [3.8, 4) is 6.07 Å². The van der Waals surface area contributed by atoms with Gasteiger partial charge in [-0.2, -0.15) is 10.4 Å². The number of nitriles is 1. The molecule has 0 atom stereocenters. The number of aryl methyl sites for hydroxylation is 1. The van der Waals surface area contributed by atoms with Crippen LogP contribution in [0, 0.1) is 28.4 Å². The molecule has 2 rings (SSSR count). The fourth-order valence-electron chi connectivity index (χ4n) is 2.29. The van der Waals surface area contributed by atoms with E-state index in [9.17, 15) is 10.1 Å². The van der Waals surface area contributed by atoms with E-state index >= 15 is 0 Å². The normalized spacial score (nSPS) is 10.8. The molecule has 2 aromatic carbocycles. The summed E-state index contributed by atoms with van der Waals surface area (Å²) < 4.78 is 0. The average molecular weight is 372 g/mol. The molecule has 0 heterocycles. The minimum Gasteiger partial charge on any atom is -0.315 e. The molecule has 0 spiro atoms. The lowest BCUT2D eigenvalue weighted by Crippen LogP contribution is -2.18. The summed E-state index contributed by atoms with van der Waals surface area (Å²) in [5.41, 5.74) is 3.14. The number of nitro benzene ring substituents is 1. The van der Waals surface area contributed by atoms with Crippen LogP contribution in [-0.2, 0) is 6.42 Å². The molecule has 0 aliphatic heterocycles. The molecule has 0 saturated heterocycles. The van der Waals surface area contributed by atoms with Crippen molar-refractivity contribution in [2.75, 3.05) is 13.1 Å². The highest BCUT2D eigenvalue weighted by molar-refractivity contribution is 6.33. The Morgan fingerprint density at radius 2 is 1.92 bits per heavy atom. The van der Waals surface area contributed by atoms with Crippen LogP contribution in [0.2, 0.25) is 5.02 Å². The van der Waals surface area contributed by atoms with Gasteiger partial charge in [0.05, 0.1) is 21.7 Å². The maximum atomic E-state index is 10.7. The molecular formula is C18H18ClN5O2. The highest BCUT2D eigenvalue weighted by atomic mass is 35.5. The smallest absolute Gasteiger partial charge is 0.271 e. The second-order valence-corrected chi connectivity index (χ2v) is 6.03. The van der Waals surface area contributed by atoms with Gasteiger partial charge in [0.15, 0.2) is 0 Å². The molecule has 0 amide bonds. The van der Waals surface area contributed by atoms with Crippen molar-refractivity contribution in [1.29, 1.82) is 5.26 Å². The fourth-order valence-corrected chi connectivity index (χ4v) is 2.50. The van der Waals surface area contributed by atoms with Crippen LogP contribution in [0.4, 0.5) is 17.1 Å². The maximum Gasteiger partial charge on any atom is 0.271 e. The van der Waals surface area contributed by atoms with Crippen molar-refractivity contribution in [2.45, 2.75) is 19.8 Å². The van der Waals surface area contributed by atoms with E-state index < -0.39 is 4.92 Å². The zero-order chi connectivity index (χ0) is 18.9. The van der Waals surface area contributed by atoms with Gasteiger partial charge in [-0.1, -0.05) is 23.7 Å². The number of hydrogen-bond acceptors (Lipinski definition) is 6. The SMILES string of the molecule is Cc1cc(CCNCCC#N)ccc1N=Nc1ccc([N+](=O)[O-])cc1Cl. The summed E-state index contributed by atoms with van der Waals surface area (Å²) in [5.74, 6) is 0. The molecular weight excluding hydrogens is 354 g/mol. The van der Waals surface area contributed by atoms with Crippen molar-refractivity contribution < 1.29 is 4.92 Å². The van der Waals surface area contributed by atoms with Gasteiger partial charge >= 0.3 is 0 Å². The van der Waals surface area contributed by atoms with E-state index in [1.165, 1.54) is 23.8 Å². The third kappa shape index (κ3) is 5.62. The van der Waals surface area contributed by atoms with E-state index in [0.29, 0.717) is 24.3 Å². The van der Waals surface area contributed by atoms with Gasteiger partial charge in [0.1, 0.15) is 5.69 Å². The summed E-state index contributed by atoms with van der Waals surface area (Å²) in [6.07, 6.45) is 1.36. The molecule has 0 bridgehead atoms. The Hall–Kier alpha value is -2.82. The lowest BCUT2D eigenvalue weighted by Gasteiger charge is -2.06. The van der Waals surface area contributed by atoms with E-state index in [1.54, 1.807) is 0 Å².